The molecule has 1 atom stereocenters. The zero-order valence-electron chi connectivity index (χ0n) is 37.7. The third-order valence-corrected chi connectivity index (χ3v) is 12.1. The molecule has 8 rings (SSSR count). The standard InChI is InChI=1S/C49H58N8O9/c1-32-7-14-42(47(59)51-32)57-48(60)38-5-4-6-39(46(38)49(57)61)50-18-24-63-28-30-65-29-27-62-23-17-44(58)52-37-12-8-35(9-13-37)10-16-43-53-40-31-36(45-33(2)54-66-34(45)3)11-15-41(40)56(43)20-19-55-21-25-64-26-22-55/h4-6,8-9,11-13,15,31,42,50H,1,7,10,14,16-30H2,2-3H3,(H,51,59)(H,52,58). The van der Waals surface area contributed by atoms with E-state index in [1.807, 2.05) is 38.1 Å². The molecule has 0 radical (unpaired) electrons. The number of morpholine rings is 1. The van der Waals surface area contributed by atoms with Crippen LogP contribution in [-0.4, -0.2) is 133 Å². The molecule has 1 unspecified atom stereocenters. The Morgan fingerprint density at radius 2 is 1.64 bits per heavy atom. The molecule has 3 aromatic carbocycles. The number of imide groups is 1. The van der Waals surface area contributed by atoms with Crippen molar-refractivity contribution in [3.63, 3.8) is 0 Å². The van der Waals surface area contributed by atoms with Crippen LogP contribution in [0, 0.1) is 13.8 Å². The Bertz CT molecular complexity index is 2530. The molecule has 0 bridgehead atoms. The molecule has 0 aliphatic carbocycles. The van der Waals surface area contributed by atoms with Gasteiger partial charge in [0.15, 0.2) is 0 Å². The molecule has 348 valence electrons. The van der Waals surface area contributed by atoms with Gasteiger partial charge in [-0.1, -0.05) is 36.0 Å². The summed E-state index contributed by atoms with van der Waals surface area (Å²) in [6.07, 6.45) is 2.62. The second kappa shape index (κ2) is 21.8. The number of hydrogen-bond acceptors (Lipinski definition) is 13. The molecule has 3 aliphatic heterocycles. The summed E-state index contributed by atoms with van der Waals surface area (Å²) in [6.45, 7) is 15.2. The van der Waals surface area contributed by atoms with E-state index in [9.17, 15) is 19.2 Å². The molecule has 0 saturated carbocycles. The Morgan fingerprint density at radius 1 is 0.879 bits per heavy atom. The Kier molecular flexibility index (Phi) is 15.3. The van der Waals surface area contributed by atoms with E-state index >= 15 is 0 Å². The number of aromatic nitrogens is 3. The molecule has 3 aliphatic rings. The fourth-order valence-electron chi connectivity index (χ4n) is 8.68. The summed E-state index contributed by atoms with van der Waals surface area (Å²) >= 11 is 0. The average molecular weight is 903 g/mol. The van der Waals surface area contributed by atoms with Crippen LogP contribution in [0.3, 0.4) is 0 Å². The van der Waals surface area contributed by atoms with Gasteiger partial charge in [-0.15, -0.1) is 0 Å². The van der Waals surface area contributed by atoms with Gasteiger partial charge in [-0.05, 0) is 80.6 Å². The highest BCUT2D eigenvalue weighted by molar-refractivity contribution is 6.25. The topological polar surface area (TPSA) is 192 Å². The lowest BCUT2D eigenvalue weighted by Gasteiger charge is -2.29. The summed E-state index contributed by atoms with van der Waals surface area (Å²) in [7, 11) is 0. The number of amides is 4. The van der Waals surface area contributed by atoms with E-state index in [1.54, 1.807) is 18.2 Å². The minimum Gasteiger partial charge on any atom is -0.382 e. The number of fused-ring (bicyclic) bond motifs is 2. The number of allylic oxidation sites excluding steroid dienone is 1. The molecule has 0 spiro atoms. The normalized spacial score (nSPS) is 16.6. The highest BCUT2D eigenvalue weighted by Gasteiger charge is 2.45. The van der Waals surface area contributed by atoms with Gasteiger partial charge >= 0.3 is 0 Å². The number of imidazole rings is 1. The number of nitrogens with one attached hydrogen (secondary N) is 3. The number of aryl methyl sites for hydroxylation is 4. The van der Waals surface area contributed by atoms with Gasteiger partial charge < -0.3 is 44.0 Å². The molecule has 66 heavy (non-hydrogen) atoms. The zero-order valence-corrected chi connectivity index (χ0v) is 37.7. The Labute approximate surface area is 383 Å². The smallest absolute Gasteiger partial charge is 0.264 e. The van der Waals surface area contributed by atoms with Crippen LogP contribution in [0.4, 0.5) is 11.4 Å². The van der Waals surface area contributed by atoms with E-state index in [4.69, 9.17) is 28.5 Å². The molecular formula is C49H58N8O9. The van der Waals surface area contributed by atoms with Gasteiger partial charge in [0.1, 0.15) is 17.6 Å². The first-order valence-electron chi connectivity index (χ1n) is 22.7. The molecule has 5 aromatic rings. The molecule has 5 heterocycles. The maximum absolute atomic E-state index is 13.3. The fraction of sp³-hybridized carbons (Fsp3) is 0.429. The van der Waals surface area contributed by atoms with Crippen molar-refractivity contribution in [1.82, 2.24) is 29.8 Å². The second-order valence-electron chi connectivity index (χ2n) is 16.7. The van der Waals surface area contributed by atoms with E-state index in [1.165, 1.54) is 0 Å². The number of ether oxygens (including phenoxy) is 4. The summed E-state index contributed by atoms with van der Waals surface area (Å²) in [5.41, 5.74) is 8.49. The lowest BCUT2D eigenvalue weighted by Crippen LogP contribution is -2.51. The van der Waals surface area contributed by atoms with Crippen LogP contribution in [-0.2, 0) is 47.9 Å². The van der Waals surface area contributed by atoms with E-state index in [0.717, 1.165) is 108 Å². The molecule has 2 aromatic heterocycles. The third-order valence-electron chi connectivity index (χ3n) is 12.1. The van der Waals surface area contributed by atoms with Gasteiger partial charge in [-0.25, -0.2) is 4.98 Å². The SMILES string of the molecule is C=C1CCC(N2C(=O)c3cccc(NCCOCCOCCOCCC(=O)Nc4ccc(CCc5nc6cc(-c7c(C)noc7C)ccc6n5CCN5CCOCC5)cc4)c3C2=O)C(=O)N1. The average Bonchev–Trinajstić information content (AvgIpc) is 3.94. The summed E-state index contributed by atoms with van der Waals surface area (Å²) < 4.78 is 30.3. The monoisotopic (exact) mass is 902 g/mol. The van der Waals surface area contributed by atoms with Gasteiger partial charge in [0.2, 0.25) is 11.8 Å². The van der Waals surface area contributed by atoms with E-state index in [2.05, 4.69) is 55.4 Å². The number of rotatable bonds is 22. The minimum absolute atomic E-state index is 0.132. The van der Waals surface area contributed by atoms with Crippen LogP contribution in [0.1, 0.15) is 62.8 Å². The molecule has 2 saturated heterocycles. The van der Waals surface area contributed by atoms with Gasteiger partial charge in [-0.2, -0.15) is 0 Å². The highest BCUT2D eigenvalue weighted by Crippen LogP contribution is 2.33. The number of hydrogen-bond donors (Lipinski definition) is 3. The van der Waals surface area contributed by atoms with Crippen molar-refractivity contribution in [1.29, 1.82) is 0 Å². The van der Waals surface area contributed by atoms with Crippen LogP contribution in [0.25, 0.3) is 22.2 Å². The summed E-state index contributed by atoms with van der Waals surface area (Å²) in [5.74, 6) is 0.333. The molecule has 4 amide bonds. The Balaban J connectivity index is 0.706. The first-order valence-corrected chi connectivity index (χ1v) is 22.7. The van der Waals surface area contributed by atoms with Gasteiger partial charge in [0.05, 0.1) is 87.1 Å². The van der Waals surface area contributed by atoms with Crippen LogP contribution in [0.5, 0.6) is 0 Å². The zero-order chi connectivity index (χ0) is 46.0. The van der Waals surface area contributed by atoms with Crippen molar-refractivity contribution in [2.45, 2.75) is 58.5 Å². The molecule has 2 fully saturated rings. The number of carbonyl (C=O) groups excluding carboxylic acids is 4. The van der Waals surface area contributed by atoms with Crippen molar-refractivity contribution >= 4 is 46.0 Å². The quantitative estimate of drug-likeness (QED) is 0.0600. The van der Waals surface area contributed by atoms with E-state index < -0.39 is 23.8 Å². The Morgan fingerprint density at radius 3 is 2.38 bits per heavy atom. The Hall–Kier alpha value is -6.24. The van der Waals surface area contributed by atoms with Crippen molar-refractivity contribution in [3.05, 3.63) is 107 Å². The van der Waals surface area contributed by atoms with Gasteiger partial charge in [-0.3, -0.25) is 29.0 Å². The predicted octanol–water partition coefficient (Wildman–Crippen LogP) is 5.30. The van der Waals surface area contributed by atoms with Crippen LogP contribution in [0.15, 0.2) is 77.5 Å². The molecular weight excluding hydrogens is 845 g/mol. The lowest BCUT2D eigenvalue weighted by molar-refractivity contribution is -0.125. The molecule has 17 heteroatoms. The summed E-state index contributed by atoms with van der Waals surface area (Å²) in [6, 6.07) is 18.5. The number of piperidine rings is 1. The second-order valence-corrected chi connectivity index (χ2v) is 16.7. The van der Waals surface area contributed by atoms with Crippen molar-refractivity contribution in [2.24, 2.45) is 0 Å². The number of anilines is 2. The third kappa shape index (κ3) is 11.1. The summed E-state index contributed by atoms with van der Waals surface area (Å²) in [5, 5.41) is 12.9. The van der Waals surface area contributed by atoms with E-state index in [-0.39, 0.29) is 30.1 Å². The number of carbonyl (C=O) groups is 4. The maximum atomic E-state index is 13.3. The van der Waals surface area contributed by atoms with Crippen molar-refractivity contribution < 1.29 is 42.6 Å². The highest BCUT2D eigenvalue weighted by atomic mass is 16.5. The first-order chi connectivity index (χ1) is 32.1. The van der Waals surface area contributed by atoms with E-state index in [0.29, 0.717) is 63.8 Å². The predicted molar refractivity (Wildman–Crippen MR) is 247 cm³/mol. The fourth-order valence-corrected chi connectivity index (χ4v) is 8.68. The first kappa shape index (κ1) is 46.3. The van der Waals surface area contributed by atoms with Crippen LogP contribution in [0.2, 0.25) is 0 Å². The number of nitrogens with zero attached hydrogens (tertiary/aromatic N) is 5. The van der Waals surface area contributed by atoms with Crippen molar-refractivity contribution in [2.75, 3.05) is 89.7 Å². The maximum Gasteiger partial charge on any atom is 0.264 e. The lowest BCUT2D eigenvalue weighted by atomic mass is 10.0. The van der Waals surface area contributed by atoms with Crippen molar-refractivity contribution in [3.8, 4) is 11.1 Å². The van der Waals surface area contributed by atoms with Gasteiger partial charge in [0, 0.05) is 61.8 Å². The minimum atomic E-state index is -0.865. The number of benzene rings is 3. The largest absolute Gasteiger partial charge is 0.382 e. The summed E-state index contributed by atoms with van der Waals surface area (Å²) in [4.78, 5) is 60.2. The van der Waals surface area contributed by atoms with Crippen LogP contribution >= 0.6 is 0 Å². The van der Waals surface area contributed by atoms with Crippen LogP contribution < -0.4 is 16.0 Å². The van der Waals surface area contributed by atoms with Gasteiger partial charge in [0.25, 0.3) is 11.8 Å². The molecule has 17 nitrogen and oxygen atoms in total. The molecule has 3 N–H and O–H groups in total.